The first-order valence-corrected chi connectivity index (χ1v) is 9.30. The lowest BCUT2D eigenvalue weighted by Crippen LogP contribution is -2.39. The molecular formula is C20H24ClN3O. The third-order valence-corrected chi connectivity index (χ3v) is 5.02. The minimum absolute atomic E-state index is 0.0799. The van der Waals surface area contributed by atoms with Crippen LogP contribution >= 0.6 is 11.6 Å². The zero-order valence-electron chi connectivity index (χ0n) is 14.5. The second-order valence-corrected chi connectivity index (χ2v) is 6.90. The molecule has 1 aliphatic rings. The molecule has 2 aromatic rings. The van der Waals surface area contributed by atoms with E-state index in [4.69, 9.17) is 11.6 Å². The number of hydrogen-bond acceptors (Lipinski definition) is 3. The smallest absolute Gasteiger partial charge is 0.251 e. The standard InChI is InChI=1S/C20H24ClN3O/c1-2-18-5-3-4-12-24(18)19-13-16(10-11-22-19)20(25)23-14-15-6-8-17(21)9-7-15/h6-11,13,18H,2-5,12,14H2,1H3,(H,23,25). The summed E-state index contributed by atoms with van der Waals surface area (Å²) in [5.74, 6) is 0.828. The third-order valence-electron chi connectivity index (χ3n) is 4.77. The maximum atomic E-state index is 12.5. The Bertz CT molecular complexity index is 717. The van der Waals surface area contributed by atoms with Gasteiger partial charge in [-0.1, -0.05) is 30.7 Å². The van der Waals surface area contributed by atoms with Crippen molar-refractivity contribution in [2.45, 2.75) is 45.2 Å². The largest absolute Gasteiger partial charge is 0.354 e. The monoisotopic (exact) mass is 357 g/mol. The van der Waals surface area contributed by atoms with Gasteiger partial charge in [0, 0.05) is 35.9 Å². The van der Waals surface area contributed by atoms with Crippen molar-refractivity contribution < 1.29 is 4.79 Å². The van der Waals surface area contributed by atoms with E-state index in [0.29, 0.717) is 23.2 Å². The van der Waals surface area contributed by atoms with Crippen LogP contribution in [0.1, 0.15) is 48.5 Å². The average Bonchev–Trinajstić information content (AvgIpc) is 2.67. The number of piperidine rings is 1. The molecule has 132 valence electrons. The maximum Gasteiger partial charge on any atom is 0.251 e. The lowest BCUT2D eigenvalue weighted by atomic mass is 10.00. The van der Waals surface area contributed by atoms with Crippen molar-refractivity contribution in [1.82, 2.24) is 10.3 Å². The Morgan fingerprint density at radius 3 is 2.84 bits per heavy atom. The van der Waals surface area contributed by atoms with Crippen LogP contribution in [-0.2, 0) is 6.54 Å². The molecule has 5 heteroatoms. The highest BCUT2D eigenvalue weighted by molar-refractivity contribution is 6.30. The van der Waals surface area contributed by atoms with Crippen molar-refractivity contribution in [3.63, 3.8) is 0 Å². The fraction of sp³-hybridized carbons (Fsp3) is 0.400. The van der Waals surface area contributed by atoms with Gasteiger partial charge in [0.05, 0.1) is 0 Å². The third kappa shape index (κ3) is 4.51. The van der Waals surface area contributed by atoms with E-state index in [1.165, 1.54) is 19.3 Å². The molecule has 0 radical (unpaired) electrons. The molecule has 1 saturated heterocycles. The fourth-order valence-electron chi connectivity index (χ4n) is 3.33. The van der Waals surface area contributed by atoms with Crippen LogP contribution in [0, 0.1) is 0 Å². The zero-order chi connectivity index (χ0) is 17.6. The van der Waals surface area contributed by atoms with Gasteiger partial charge in [-0.2, -0.15) is 0 Å². The Labute approximate surface area is 154 Å². The second kappa shape index (κ2) is 8.34. The van der Waals surface area contributed by atoms with Gasteiger partial charge in [0.25, 0.3) is 5.91 Å². The average molecular weight is 358 g/mol. The number of carbonyl (C=O) groups is 1. The number of aromatic nitrogens is 1. The predicted octanol–water partition coefficient (Wildman–Crippen LogP) is 4.43. The van der Waals surface area contributed by atoms with Gasteiger partial charge in [-0.15, -0.1) is 0 Å². The maximum absolute atomic E-state index is 12.5. The van der Waals surface area contributed by atoms with Crippen LogP contribution in [0.15, 0.2) is 42.6 Å². The van der Waals surface area contributed by atoms with Crippen molar-refractivity contribution in [3.8, 4) is 0 Å². The Kier molecular flexibility index (Phi) is 5.92. The van der Waals surface area contributed by atoms with E-state index in [9.17, 15) is 4.79 Å². The van der Waals surface area contributed by atoms with E-state index in [0.717, 1.165) is 24.3 Å². The number of halogens is 1. The number of anilines is 1. The molecule has 2 heterocycles. The first kappa shape index (κ1) is 17.7. The summed E-state index contributed by atoms with van der Waals surface area (Å²) in [7, 11) is 0. The summed E-state index contributed by atoms with van der Waals surface area (Å²) in [5, 5.41) is 3.66. The summed E-state index contributed by atoms with van der Waals surface area (Å²) >= 11 is 5.89. The Morgan fingerprint density at radius 2 is 2.08 bits per heavy atom. The molecule has 1 aromatic heterocycles. The molecule has 1 atom stereocenters. The molecule has 1 aromatic carbocycles. The molecule has 0 saturated carbocycles. The van der Waals surface area contributed by atoms with Crippen LogP contribution in [0.4, 0.5) is 5.82 Å². The summed E-state index contributed by atoms with van der Waals surface area (Å²) in [6, 6.07) is 11.7. The van der Waals surface area contributed by atoms with Crippen molar-refractivity contribution in [1.29, 1.82) is 0 Å². The van der Waals surface area contributed by atoms with E-state index in [-0.39, 0.29) is 5.91 Å². The number of amides is 1. The van der Waals surface area contributed by atoms with Crippen molar-refractivity contribution in [3.05, 3.63) is 58.7 Å². The number of pyridine rings is 1. The van der Waals surface area contributed by atoms with Crippen LogP contribution in [0.3, 0.4) is 0 Å². The van der Waals surface area contributed by atoms with E-state index < -0.39 is 0 Å². The van der Waals surface area contributed by atoms with E-state index >= 15 is 0 Å². The lowest BCUT2D eigenvalue weighted by molar-refractivity contribution is 0.0951. The van der Waals surface area contributed by atoms with Gasteiger partial charge in [-0.05, 0) is 55.5 Å². The summed E-state index contributed by atoms with van der Waals surface area (Å²) < 4.78 is 0. The molecule has 0 spiro atoms. The van der Waals surface area contributed by atoms with Gasteiger partial charge < -0.3 is 10.2 Å². The molecule has 0 aliphatic carbocycles. The number of nitrogens with zero attached hydrogens (tertiary/aromatic N) is 2. The van der Waals surface area contributed by atoms with Crippen LogP contribution in [0.2, 0.25) is 5.02 Å². The summed E-state index contributed by atoms with van der Waals surface area (Å²) in [6.45, 7) is 3.71. The Hall–Kier alpha value is -2.07. The van der Waals surface area contributed by atoms with Crippen molar-refractivity contribution in [2.24, 2.45) is 0 Å². The topological polar surface area (TPSA) is 45.2 Å². The number of hydrogen-bond donors (Lipinski definition) is 1. The highest BCUT2D eigenvalue weighted by Crippen LogP contribution is 2.25. The molecule has 4 nitrogen and oxygen atoms in total. The van der Waals surface area contributed by atoms with Crippen LogP contribution in [-0.4, -0.2) is 23.5 Å². The van der Waals surface area contributed by atoms with E-state index in [2.05, 4.69) is 22.1 Å². The minimum Gasteiger partial charge on any atom is -0.354 e. The summed E-state index contributed by atoms with van der Waals surface area (Å²) in [6.07, 6.45) is 6.50. The van der Waals surface area contributed by atoms with Crippen molar-refractivity contribution >= 4 is 23.3 Å². The summed E-state index contributed by atoms with van der Waals surface area (Å²) in [5.41, 5.74) is 1.67. The normalized spacial score (nSPS) is 17.4. The SMILES string of the molecule is CCC1CCCCN1c1cc(C(=O)NCc2ccc(Cl)cc2)ccn1. The quantitative estimate of drug-likeness (QED) is 0.860. The highest BCUT2D eigenvalue weighted by Gasteiger charge is 2.22. The van der Waals surface area contributed by atoms with Gasteiger partial charge in [0.15, 0.2) is 0 Å². The molecular weight excluding hydrogens is 334 g/mol. The molecule has 1 aliphatic heterocycles. The first-order valence-electron chi connectivity index (χ1n) is 8.92. The minimum atomic E-state index is -0.0799. The van der Waals surface area contributed by atoms with Crippen LogP contribution < -0.4 is 10.2 Å². The molecule has 1 N–H and O–H groups in total. The predicted molar refractivity (Wildman–Crippen MR) is 102 cm³/mol. The van der Waals surface area contributed by atoms with Crippen LogP contribution in [0.5, 0.6) is 0 Å². The van der Waals surface area contributed by atoms with Gasteiger partial charge in [-0.3, -0.25) is 4.79 Å². The number of benzene rings is 1. The number of nitrogens with one attached hydrogen (secondary N) is 1. The molecule has 1 amide bonds. The van der Waals surface area contributed by atoms with Gasteiger partial charge in [-0.25, -0.2) is 4.98 Å². The molecule has 25 heavy (non-hydrogen) atoms. The lowest BCUT2D eigenvalue weighted by Gasteiger charge is -2.36. The Morgan fingerprint density at radius 1 is 1.28 bits per heavy atom. The molecule has 0 bridgehead atoms. The number of rotatable bonds is 5. The van der Waals surface area contributed by atoms with E-state index in [1.807, 2.05) is 30.3 Å². The first-order chi connectivity index (χ1) is 12.2. The highest BCUT2D eigenvalue weighted by atomic mass is 35.5. The van der Waals surface area contributed by atoms with Gasteiger partial charge in [0.2, 0.25) is 0 Å². The van der Waals surface area contributed by atoms with Crippen LogP contribution in [0.25, 0.3) is 0 Å². The molecule has 3 rings (SSSR count). The second-order valence-electron chi connectivity index (χ2n) is 6.46. The zero-order valence-corrected chi connectivity index (χ0v) is 15.3. The van der Waals surface area contributed by atoms with E-state index in [1.54, 1.807) is 12.3 Å². The molecule has 1 unspecified atom stereocenters. The summed E-state index contributed by atoms with van der Waals surface area (Å²) in [4.78, 5) is 19.3. The number of carbonyl (C=O) groups excluding carboxylic acids is 1. The van der Waals surface area contributed by atoms with Gasteiger partial charge >= 0.3 is 0 Å². The molecule has 1 fully saturated rings. The van der Waals surface area contributed by atoms with Crippen molar-refractivity contribution in [2.75, 3.05) is 11.4 Å². The van der Waals surface area contributed by atoms with Gasteiger partial charge in [0.1, 0.15) is 5.82 Å². The fourth-order valence-corrected chi connectivity index (χ4v) is 3.46. The Balaban J connectivity index is 1.67.